The van der Waals surface area contributed by atoms with Gasteiger partial charge in [0.1, 0.15) is 0 Å². The third-order valence-corrected chi connectivity index (χ3v) is 3.33. The zero-order valence-corrected chi connectivity index (χ0v) is 9.59. The molecule has 1 heterocycles. The van der Waals surface area contributed by atoms with E-state index < -0.39 is 5.82 Å². The molecule has 1 unspecified atom stereocenters. The van der Waals surface area contributed by atoms with Gasteiger partial charge in [0.15, 0.2) is 11.6 Å². The van der Waals surface area contributed by atoms with Gasteiger partial charge in [-0.3, -0.25) is 0 Å². The number of aromatic hydroxyl groups is 1. The lowest BCUT2D eigenvalue weighted by Gasteiger charge is -2.24. The molecule has 2 rings (SSSR count). The fourth-order valence-corrected chi connectivity index (χ4v) is 2.31. The SMILES string of the molecule is Cc1ccc(F)c(O)c1CC1CCCCN1. The van der Waals surface area contributed by atoms with E-state index in [4.69, 9.17) is 0 Å². The molecule has 0 amide bonds. The van der Waals surface area contributed by atoms with Gasteiger partial charge in [-0.2, -0.15) is 0 Å². The van der Waals surface area contributed by atoms with Crippen LogP contribution in [0.1, 0.15) is 30.4 Å². The quantitative estimate of drug-likeness (QED) is 0.807. The summed E-state index contributed by atoms with van der Waals surface area (Å²) < 4.78 is 13.2. The van der Waals surface area contributed by atoms with E-state index in [2.05, 4.69) is 5.32 Å². The summed E-state index contributed by atoms with van der Waals surface area (Å²) in [5.74, 6) is -0.691. The molecule has 1 aromatic carbocycles. The van der Waals surface area contributed by atoms with Crippen LogP contribution in [0, 0.1) is 12.7 Å². The van der Waals surface area contributed by atoms with Gasteiger partial charge in [0.05, 0.1) is 0 Å². The number of phenolic OH excluding ortho intramolecular Hbond substituents is 1. The monoisotopic (exact) mass is 223 g/mol. The van der Waals surface area contributed by atoms with E-state index in [1.165, 1.54) is 18.9 Å². The van der Waals surface area contributed by atoms with Crippen LogP contribution >= 0.6 is 0 Å². The summed E-state index contributed by atoms with van der Waals surface area (Å²) in [4.78, 5) is 0. The summed E-state index contributed by atoms with van der Waals surface area (Å²) in [6.07, 6.45) is 4.25. The summed E-state index contributed by atoms with van der Waals surface area (Å²) in [5.41, 5.74) is 1.71. The number of piperidine rings is 1. The summed E-state index contributed by atoms with van der Waals surface area (Å²) in [6.45, 7) is 2.94. The van der Waals surface area contributed by atoms with E-state index in [1.54, 1.807) is 6.07 Å². The molecular weight excluding hydrogens is 205 g/mol. The Labute approximate surface area is 95.5 Å². The maximum absolute atomic E-state index is 13.2. The summed E-state index contributed by atoms with van der Waals surface area (Å²) >= 11 is 0. The molecule has 0 spiro atoms. The molecule has 2 nitrogen and oxygen atoms in total. The van der Waals surface area contributed by atoms with Crippen molar-refractivity contribution in [2.75, 3.05) is 6.54 Å². The predicted octanol–water partition coefficient (Wildman–Crippen LogP) is 2.52. The highest BCUT2D eigenvalue weighted by Gasteiger charge is 2.17. The highest BCUT2D eigenvalue weighted by molar-refractivity contribution is 5.40. The van der Waals surface area contributed by atoms with Crippen LogP contribution in [0.3, 0.4) is 0 Å². The number of nitrogens with one attached hydrogen (secondary N) is 1. The van der Waals surface area contributed by atoms with Gasteiger partial charge in [-0.1, -0.05) is 12.5 Å². The van der Waals surface area contributed by atoms with Crippen molar-refractivity contribution in [3.8, 4) is 5.75 Å². The van der Waals surface area contributed by atoms with Gasteiger partial charge in [-0.15, -0.1) is 0 Å². The molecule has 1 atom stereocenters. The van der Waals surface area contributed by atoms with Crippen molar-refractivity contribution in [1.29, 1.82) is 0 Å². The van der Waals surface area contributed by atoms with Gasteiger partial charge in [-0.25, -0.2) is 4.39 Å². The first-order chi connectivity index (χ1) is 7.68. The number of phenols is 1. The number of hydrogen-bond donors (Lipinski definition) is 2. The van der Waals surface area contributed by atoms with E-state index in [0.717, 1.165) is 30.5 Å². The Kier molecular flexibility index (Phi) is 3.44. The van der Waals surface area contributed by atoms with Gasteiger partial charge in [0.25, 0.3) is 0 Å². The van der Waals surface area contributed by atoms with E-state index in [-0.39, 0.29) is 5.75 Å². The molecule has 0 radical (unpaired) electrons. The lowest BCUT2D eigenvalue weighted by molar-refractivity contribution is 0.384. The Hall–Kier alpha value is -1.09. The Morgan fingerprint density at radius 1 is 1.44 bits per heavy atom. The number of halogens is 1. The van der Waals surface area contributed by atoms with Gasteiger partial charge in [-0.05, 0) is 44.4 Å². The molecule has 3 heteroatoms. The van der Waals surface area contributed by atoms with Crippen molar-refractivity contribution in [2.45, 2.75) is 38.6 Å². The van der Waals surface area contributed by atoms with Crippen LogP contribution in [0.5, 0.6) is 5.75 Å². The van der Waals surface area contributed by atoms with Crippen molar-refractivity contribution < 1.29 is 9.50 Å². The summed E-state index contributed by atoms with van der Waals surface area (Å²) in [6, 6.07) is 3.43. The average molecular weight is 223 g/mol. The molecule has 1 aromatic rings. The second-order valence-electron chi connectivity index (χ2n) is 4.54. The highest BCUT2D eigenvalue weighted by Crippen LogP contribution is 2.27. The molecule has 2 N–H and O–H groups in total. The minimum absolute atomic E-state index is 0.174. The molecule has 0 aliphatic carbocycles. The maximum Gasteiger partial charge on any atom is 0.165 e. The third kappa shape index (κ3) is 2.35. The lowest BCUT2D eigenvalue weighted by Crippen LogP contribution is -2.35. The molecule has 1 aliphatic heterocycles. The number of hydrogen-bond acceptors (Lipinski definition) is 2. The summed E-state index contributed by atoms with van der Waals surface area (Å²) in [7, 11) is 0. The first-order valence-electron chi connectivity index (χ1n) is 5.89. The molecule has 88 valence electrons. The van der Waals surface area contributed by atoms with Crippen LogP contribution in [0.4, 0.5) is 4.39 Å². The zero-order valence-electron chi connectivity index (χ0n) is 9.59. The first-order valence-corrected chi connectivity index (χ1v) is 5.89. The van der Waals surface area contributed by atoms with Crippen LogP contribution in [0.2, 0.25) is 0 Å². The Balaban J connectivity index is 2.16. The van der Waals surface area contributed by atoms with Crippen LogP contribution in [-0.4, -0.2) is 17.7 Å². The first kappa shape index (κ1) is 11.4. The Morgan fingerprint density at radius 3 is 2.94 bits per heavy atom. The van der Waals surface area contributed by atoms with Crippen LogP contribution < -0.4 is 5.32 Å². The van der Waals surface area contributed by atoms with Crippen LogP contribution in [-0.2, 0) is 6.42 Å². The fourth-order valence-electron chi connectivity index (χ4n) is 2.31. The minimum Gasteiger partial charge on any atom is -0.505 e. The molecule has 1 aliphatic rings. The smallest absolute Gasteiger partial charge is 0.165 e. The maximum atomic E-state index is 13.2. The van der Waals surface area contributed by atoms with Crippen molar-refractivity contribution in [3.63, 3.8) is 0 Å². The minimum atomic E-state index is -0.517. The molecule has 0 aromatic heterocycles. The second kappa shape index (κ2) is 4.83. The number of aryl methyl sites for hydroxylation is 1. The summed E-state index contributed by atoms with van der Waals surface area (Å²) in [5, 5.41) is 13.1. The van der Waals surface area contributed by atoms with E-state index >= 15 is 0 Å². The largest absolute Gasteiger partial charge is 0.505 e. The van der Waals surface area contributed by atoms with E-state index in [0.29, 0.717) is 6.04 Å². The number of benzene rings is 1. The van der Waals surface area contributed by atoms with Crippen molar-refractivity contribution in [1.82, 2.24) is 5.32 Å². The highest BCUT2D eigenvalue weighted by atomic mass is 19.1. The van der Waals surface area contributed by atoms with Gasteiger partial charge < -0.3 is 10.4 Å². The van der Waals surface area contributed by atoms with E-state index in [9.17, 15) is 9.50 Å². The fraction of sp³-hybridized carbons (Fsp3) is 0.538. The molecule has 1 saturated heterocycles. The van der Waals surface area contributed by atoms with E-state index in [1.807, 2.05) is 6.92 Å². The average Bonchev–Trinajstić information content (AvgIpc) is 2.31. The molecule has 0 bridgehead atoms. The van der Waals surface area contributed by atoms with Gasteiger partial charge in [0, 0.05) is 11.6 Å². The topological polar surface area (TPSA) is 32.3 Å². The normalized spacial score (nSPS) is 21.0. The van der Waals surface area contributed by atoms with Crippen molar-refractivity contribution >= 4 is 0 Å². The predicted molar refractivity (Wildman–Crippen MR) is 62.1 cm³/mol. The zero-order chi connectivity index (χ0) is 11.5. The Morgan fingerprint density at radius 2 is 2.25 bits per heavy atom. The van der Waals surface area contributed by atoms with Crippen molar-refractivity contribution in [3.05, 3.63) is 29.1 Å². The van der Waals surface area contributed by atoms with Crippen molar-refractivity contribution in [2.24, 2.45) is 0 Å². The van der Waals surface area contributed by atoms with Gasteiger partial charge >= 0.3 is 0 Å². The molecule has 16 heavy (non-hydrogen) atoms. The van der Waals surface area contributed by atoms with Crippen LogP contribution in [0.15, 0.2) is 12.1 Å². The lowest BCUT2D eigenvalue weighted by atomic mass is 9.94. The van der Waals surface area contributed by atoms with Crippen LogP contribution in [0.25, 0.3) is 0 Å². The standard InChI is InChI=1S/C13H18FNO/c1-9-5-6-12(14)13(16)11(9)8-10-4-2-3-7-15-10/h5-6,10,15-16H,2-4,7-8H2,1H3. The second-order valence-corrected chi connectivity index (χ2v) is 4.54. The third-order valence-electron chi connectivity index (χ3n) is 3.33. The van der Waals surface area contributed by atoms with Gasteiger partial charge in [0.2, 0.25) is 0 Å². The number of rotatable bonds is 2. The molecule has 0 saturated carbocycles. The molecular formula is C13H18FNO. The Bertz CT molecular complexity index is 372. The molecule has 1 fully saturated rings.